The second kappa shape index (κ2) is 9.24. The molecule has 15 heteroatoms. The van der Waals surface area contributed by atoms with Gasteiger partial charge in [0.25, 0.3) is 11.9 Å². The first-order valence-corrected chi connectivity index (χ1v) is 8.78. The zero-order valence-electron chi connectivity index (χ0n) is 16.0. The first-order valence-electron chi connectivity index (χ1n) is 8.78. The zero-order chi connectivity index (χ0) is 23.3. The summed E-state index contributed by atoms with van der Waals surface area (Å²) in [6.45, 7) is 0.340. The highest BCUT2D eigenvalue weighted by atomic mass is 16.6. The van der Waals surface area contributed by atoms with E-state index in [0.717, 1.165) is 23.8 Å². The smallest absolute Gasteiger partial charge is 0.348 e. The molecule has 0 aliphatic carbocycles. The molecule has 0 aliphatic heterocycles. The molecule has 15 nitrogen and oxygen atoms in total. The van der Waals surface area contributed by atoms with Crippen molar-refractivity contribution < 1.29 is 29.1 Å². The quantitative estimate of drug-likeness (QED) is 0.174. The molecular formula is C17H13N7O8. The number of nitrogens with zero attached hydrogens (tertiary/aromatic N) is 6. The van der Waals surface area contributed by atoms with E-state index in [2.05, 4.69) is 15.6 Å². The van der Waals surface area contributed by atoms with Crippen LogP contribution < -0.4 is 15.1 Å². The molecule has 0 unspecified atom stereocenters. The van der Waals surface area contributed by atoms with Gasteiger partial charge < -0.3 is 10.4 Å². The summed E-state index contributed by atoms with van der Waals surface area (Å²) in [5.41, 5.74) is -0.761. The van der Waals surface area contributed by atoms with Gasteiger partial charge in [0.05, 0.1) is 20.8 Å². The van der Waals surface area contributed by atoms with E-state index in [4.69, 9.17) is 4.52 Å². The number of hydrogen-bond donors (Lipinski definition) is 1. The summed E-state index contributed by atoms with van der Waals surface area (Å²) < 4.78 is 6.29. The van der Waals surface area contributed by atoms with Crippen molar-refractivity contribution in [1.29, 1.82) is 0 Å². The normalized spacial score (nSPS) is 11.2. The van der Waals surface area contributed by atoms with Gasteiger partial charge >= 0.3 is 17.3 Å². The van der Waals surface area contributed by atoms with Crippen molar-refractivity contribution in [1.82, 2.24) is 5.27 Å². The number of nitrogens with one attached hydrogen (secondary N) is 1. The highest BCUT2D eigenvalue weighted by molar-refractivity contribution is 5.87. The minimum atomic E-state index is -0.938. The van der Waals surface area contributed by atoms with Crippen LogP contribution in [0.4, 0.5) is 28.6 Å². The number of benzene rings is 2. The number of nitro groups is 3. The highest BCUT2D eigenvalue weighted by Gasteiger charge is 2.24. The molecule has 2 aromatic carbocycles. The average molecular weight is 443 g/mol. The summed E-state index contributed by atoms with van der Waals surface area (Å²) in [5, 5.41) is 50.5. The maximum absolute atomic E-state index is 12.0. The van der Waals surface area contributed by atoms with E-state index in [0.29, 0.717) is 13.0 Å². The summed E-state index contributed by atoms with van der Waals surface area (Å²) in [6, 6.07) is 7.93. The standard InChI is InChI=1S/C17H13N7O8/c25-17(18-12-3-6-14(23(28)29)15(9-12)24(30)31)19-16-10-21(20-32-16)8-7-11-1-4-13(5-2-11)22(26)27/h1-6,9-10H,7-8H2,(H-,18,19,20,25). The maximum atomic E-state index is 12.0. The van der Waals surface area contributed by atoms with Crippen LogP contribution in [0.25, 0.3) is 0 Å². The Balaban J connectivity index is 1.64. The number of amidine groups is 1. The maximum Gasteiger partial charge on any atom is 0.348 e. The summed E-state index contributed by atoms with van der Waals surface area (Å²) in [6.07, 6.45) is 1.82. The van der Waals surface area contributed by atoms with Crippen molar-refractivity contribution in [2.45, 2.75) is 13.0 Å². The van der Waals surface area contributed by atoms with Crippen LogP contribution in [0.5, 0.6) is 0 Å². The van der Waals surface area contributed by atoms with Gasteiger partial charge in [-0.25, -0.2) is 4.99 Å². The summed E-state index contributed by atoms with van der Waals surface area (Å²) >= 11 is 0. The van der Waals surface area contributed by atoms with E-state index >= 15 is 0 Å². The lowest BCUT2D eigenvalue weighted by Crippen LogP contribution is -2.35. The predicted molar refractivity (Wildman–Crippen MR) is 104 cm³/mol. The SMILES string of the molecule is O=[N+]([O-])c1ccc(CC[n+]2cc(N=C([O-])Nc3ccc([N+](=O)[O-])c([N+](=O)[O-])c3)on2)cc1. The van der Waals surface area contributed by atoms with Crippen LogP contribution >= 0.6 is 0 Å². The number of aliphatic imine (C=N–C) groups is 1. The van der Waals surface area contributed by atoms with Crippen LogP contribution in [0.3, 0.4) is 0 Å². The fraction of sp³-hybridized carbons (Fsp3) is 0.118. The third-order valence-corrected chi connectivity index (χ3v) is 4.11. The van der Waals surface area contributed by atoms with Crippen molar-refractivity contribution >= 4 is 34.7 Å². The Morgan fingerprint density at radius 2 is 1.69 bits per heavy atom. The summed E-state index contributed by atoms with van der Waals surface area (Å²) in [7, 11) is 0. The topological polar surface area (TPSA) is 207 Å². The molecule has 0 atom stereocenters. The van der Waals surface area contributed by atoms with E-state index < -0.39 is 32.2 Å². The van der Waals surface area contributed by atoms with Gasteiger partial charge in [0.15, 0.2) is 6.54 Å². The van der Waals surface area contributed by atoms with Gasteiger partial charge in [0, 0.05) is 36.4 Å². The summed E-state index contributed by atoms with van der Waals surface area (Å²) in [4.78, 5) is 33.8. The first kappa shape index (κ1) is 21.8. The minimum absolute atomic E-state index is 0.0201. The molecule has 0 fully saturated rings. The lowest BCUT2D eigenvalue weighted by atomic mass is 10.1. The number of hydrogen-bond acceptors (Lipinski definition) is 10. The first-order chi connectivity index (χ1) is 15.2. The van der Waals surface area contributed by atoms with Crippen LogP contribution in [0.2, 0.25) is 0 Å². The Labute approximate surface area is 177 Å². The molecule has 0 aliphatic rings. The molecule has 0 spiro atoms. The Morgan fingerprint density at radius 1 is 1.00 bits per heavy atom. The highest BCUT2D eigenvalue weighted by Crippen LogP contribution is 2.29. The molecule has 0 saturated heterocycles. The number of nitro benzene ring substituents is 3. The van der Waals surface area contributed by atoms with Gasteiger partial charge in [0.2, 0.25) is 5.27 Å². The van der Waals surface area contributed by atoms with Crippen molar-refractivity contribution in [2.75, 3.05) is 5.32 Å². The number of aromatic nitrogens is 2. The van der Waals surface area contributed by atoms with Crippen LogP contribution in [0.15, 0.2) is 58.2 Å². The molecule has 0 bridgehead atoms. The molecule has 0 radical (unpaired) electrons. The predicted octanol–water partition coefficient (Wildman–Crippen LogP) is 1.39. The lowest BCUT2D eigenvalue weighted by Gasteiger charge is -2.11. The molecule has 0 saturated carbocycles. The molecule has 3 aromatic rings. The van der Waals surface area contributed by atoms with Crippen molar-refractivity contribution in [2.24, 2.45) is 4.99 Å². The fourth-order valence-electron chi connectivity index (χ4n) is 2.60. The Morgan fingerprint density at radius 3 is 2.31 bits per heavy atom. The van der Waals surface area contributed by atoms with Gasteiger partial charge in [0.1, 0.15) is 0 Å². The van der Waals surface area contributed by atoms with E-state index in [1.54, 1.807) is 12.1 Å². The third kappa shape index (κ3) is 5.35. The largest absolute Gasteiger partial charge is 0.846 e. The van der Waals surface area contributed by atoms with Crippen molar-refractivity contribution in [3.05, 3.63) is 84.6 Å². The Kier molecular flexibility index (Phi) is 6.28. The van der Waals surface area contributed by atoms with Crippen LogP contribution in [0.1, 0.15) is 5.56 Å². The third-order valence-electron chi connectivity index (χ3n) is 4.11. The monoisotopic (exact) mass is 443 g/mol. The molecule has 32 heavy (non-hydrogen) atoms. The van der Waals surface area contributed by atoms with Crippen LogP contribution in [0, 0.1) is 30.3 Å². The summed E-state index contributed by atoms with van der Waals surface area (Å²) in [5.74, 6) is -0.150. The number of rotatable bonds is 8. The van der Waals surface area contributed by atoms with Crippen molar-refractivity contribution in [3.63, 3.8) is 0 Å². The van der Waals surface area contributed by atoms with Crippen molar-refractivity contribution in [3.8, 4) is 0 Å². The molecule has 3 rings (SSSR count). The van der Waals surface area contributed by atoms with Gasteiger partial charge in [-0.05, 0) is 11.6 Å². The Bertz CT molecular complexity index is 1210. The number of anilines is 1. The number of non-ortho nitro benzene ring substituents is 1. The van der Waals surface area contributed by atoms with E-state index in [-0.39, 0.29) is 17.3 Å². The van der Waals surface area contributed by atoms with E-state index in [1.807, 2.05) is 0 Å². The molecule has 1 aromatic heterocycles. The molecule has 164 valence electrons. The van der Waals surface area contributed by atoms with Gasteiger partial charge in [-0.3, -0.25) is 34.9 Å². The Hall–Kier alpha value is -4.95. The fourth-order valence-corrected chi connectivity index (χ4v) is 2.60. The average Bonchev–Trinajstić information content (AvgIpc) is 3.19. The minimum Gasteiger partial charge on any atom is -0.846 e. The second-order valence-corrected chi connectivity index (χ2v) is 6.24. The zero-order valence-corrected chi connectivity index (χ0v) is 16.0. The molecular weight excluding hydrogens is 430 g/mol. The molecule has 1 N–H and O–H groups in total. The molecule has 0 amide bonds. The van der Waals surface area contributed by atoms with Gasteiger partial charge in [-0.2, -0.15) is 0 Å². The van der Waals surface area contributed by atoms with Crippen LogP contribution in [-0.4, -0.2) is 26.1 Å². The van der Waals surface area contributed by atoms with Crippen LogP contribution in [-0.2, 0) is 13.0 Å². The number of aryl methyl sites for hydroxylation is 2. The van der Waals surface area contributed by atoms with Gasteiger partial charge in [-0.1, -0.05) is 16.8 Å². The van der Waals surface area contributed by atoms with Gasteiger partial charge in [-0.15, -0.1) is 0 Å². The molecule has 1 heterocycles. The van der Waals surface area contributed by atoms with E-state index in [9.17, 15) is 35.4 Å². The van der Waals surface area contributed by atoms with E-state index in [1.165, 1.54) is 23.0 Å². The lowest BCUT2D eigenvalue weighted by molar-refractivity contribution is -0.761. The second-order valence-electron chi connectivity index (χ2n) is 6.24.